The topological polar surface area (TPSA) is 55.1 Å². The highest BCUT2D eigenvalue weighted by atomic mass is 16.1. The number of nitrogen functional groups attached to an aromatic ring is 1. The first-order chi connectivity index (χ1) is 8.58. The summed E-state index contributed by atoms with van der Waals surface area (Å²) < 4.78 is 0. The molecule has 0 spiro atoms. The molecule has 0 atom stereocenters. The van der Waals surface area contributed by atoms with E-state index in [2.05, 4.69) is 26.1 Å². The Bertz CT molecular complexity index is 389. The first-order valence-electron chi connectivity index (χ1n) is 6.71. The molecule has 0 saturated heterocycles. The van der Waals surface area contributed by atoms with Crippen LogP contribution < -0.4 is 11.1 Å². The van der Waals surface area contributed by atoms with E-state index < -0.39 is 0 Å². The zero-order valence-corrected chi connectivity index (χ0v) is 11.6. The summed E-state index contributed by atoms with van der Waals surface area (Å²) in [5.41, 5.74) is 7.10. The molecule has 0 fully saturated rings. The molecular formula is C15H24N2O. The first-order valence-corrected chi connectivity index (χ1v) is 6.71. The lowest BCUT2D eigenvalue weighted by Gasteiger charge is -2.30. The van der Waals surface area contributed by atoms with Crippen molar-refractivity contribution < 1.29 is 4.79 Å². The van der Waals surface area contributed by atoms with E-state index in [0.717, 1.165) is 19.3 Å². The number of para-hydroxylation sites is 1. The van der Waals surface area contributed by atoms with Gasteiger partial charge in [-0.3, -0.25) is 4.79 Å². The number of nitrogens with one attached hydrogen (secondary N) is 1. The highest BCUT2D eigenvalue weighted by Crippen LogP contribution is 2.29. The second-order valence-corrected chi connectivity index (χ2v) is 4.83. The minimum atomic E-state index is -0.0761. The van der Waals surface area contributed by atoms with Crippen molar-refractivity contribution in [1.29, 1.82) is 0 Å². The smallest absolute Gasteiger partial charge is 0.253 e. The normalized spacial score (nSPS) is 11.3. The average molecular weight is 248 g/mol. The Morgan fingerprint density at radius 3 is 2.22 bits per heavy atom. The Morgan fingerprint density at radius 2 is 1.72 bits per heavy atom. The van der Waals surface area contributed by atoms with Gasteiger partial charge in [-0.15, -0.1) is 0 Å². The third-order valence-electron chi connectivity index (χ3n) is 4.08. The summed E-state index contributed by atoms with van der Waals surface area (Å²) in [6, 6.07) is 7.18. The Labute approximate surface area is 110 Å². The van der Waals surface area contributed by atoms with Crippen LogP contribution in [0.1, 0.15) is 50.4 Å². The lowest BCUT2D eigenvalue weighted by Crippen LogP contribution is -2.36. The van der Waals surface area contributed by atoms with Gasteiger partial charge in [-0.1, -0.05) is 32.9 Å². The van der Waals surface area contributed by atoms with Crippen molar-refractivity contribution in [2.45, 2.75) is 40.0 Å². The van der Waals surface area contributed by atoms with Crippen molar-refractivity contribution >= 4 is 11.6 Å². The minimum absolute atomic E-state index is 0.0761. The van der Waals surface area contributed by atoms with Crippen molar-refractivity contribution in [1.82, 2.24) is 5.32 Å². The van der Waals surface area contributed by atoms with E-state index in [1.54, 1.807) is 12.1 Å². The van der Waals surface area contributed by atoms with Crippen LogP contribution in [0.15, 0.2) is 24.3 Å². The van der Waals surface area contributed by atoms with Gasteiger partial charge in [-0.25, -0.2) is 0 Å². The number of benzene rings is 1. The fraction of sp³-hybridized carbons (Fsp3) is 0.533. The number of amides is 1. The minimum Gasteiger partial charge on any atom is -0.398 e. The predicted molar refractivity (Wildman–Crippen MR) is 76.5 cm³/mol. The quantitative estimate of drug-likeness (QED) is 0.759. The van der Waals surface area contributed by atoms with E-state index in [-0.39, 0.29) is 11.3 Å². The van der Waals surface area contributed by atoms with Crippen LogP contribution in [-0.4, -0.2) is 12.5 Å². The second kappa shape index (κ2) is 6.43. The summed E-state index contributed by atoms with van der Waals surface area (Å²) in [5.74, 6) is -0.0761. The highest BCUT2D eigenvalue weighted by molar-refractivity contribution is 5.99. The van der Waals surface area contributed by atoms with Gasteiger partial charge in [0.2, 0.25) is 0 Å². The number of hydrogen-bond donors (Lipinski definition) is 2. The molecule has 0 aromatic heterocycles. The summed E-state index contributed by atoms with van der Waals surface area (Å²) in [4.78, 5) is 12.1. The largest absolute Gasteiger partial charge is 0.398 e. The van der Waals surface area contributed by atoms with Crippen LogP contribution in [0.5, 0.6) is 0 Å². The molecule has 1 aromatic rings. The molecule has 0 aliphatic heterocycles. The molecule has 1 rings (SSSR count). The molecule has 3 nitrogen and oxygen atoms in total. The zero-order chi connectivity index (χ0) is 13.6. The summed E-state index contributed by atoms with van der Waals surface area (Å²) in [7, 11) is 0. The summed E-state index contributed by atoms with van der Waals surface area (Å²) >= 11 is 0. The lowest BCUT2D eigenvalue weighted by atomic mass is 9.80. The van der Waals surface area contributed by atoms with Gasteiger partial charge >= 0.3 is 0 Å². The fourth-order valence-corrected chi connectivity index (χ4v) is 2.19. The molecule has 0 saturated carbocycles. The van der Waals surface area contributed by atoms with E-state index >= 15 is 0 Å². The van der Waals surface area contributed by atoms with Crippen LogP contribution in [0.25, 0.3) is 0 Å². The molecule has 0 aliphatic rings. The van der Waals surface area contributed by atoms with Crippen LogP contribution in [0.4, 0.5) is 5.69 Å². The number of nitrogens with two attached hydrogens (primary N) is 1. The molecule has 100 valence electrons. The van der Waals surface area contributed by atoms with Crippen LogP contribution >= 0.6 is 0 Å². The molecule has 0 heterocycles. The Hall–Kier alpha value is -1.51. The number of carbonyl (C=O) groups excluding carboxylic acids is 1. The van der Waals surface area contributed by atoms with Crippen LogP contribution in [0.3, 0.4) is 0 Å². The molecule has 3 heteroatoms. The van der Waals surface area contributed by atoms with Crippen molar-refractivity contribution in [3.63, 3.8) is 0 Å². The second-order valence-electron chi connectivity index (χ2n) is 4.83. The van der Waals surface area contributed by atoms with Gasteiger partial charge in [-0.05, 0) is 36.8 Å². The molecule has 1 amide bonds. The van der Waals surface area contributed by atoms with Gasteiger partial charge in [0.15, 0.2) is 0 Å². The number of carbonyl (C=O) groups is 1. The van der Waals surface area contributed by atoms with Gasteiger partial charge in [0, 0.05) is 12.2 Å². The molecule has 3 N–H and O–H groups in total. The summed E-state index contributed by atoms with van der Waals surface area (Å²) in [6.07, 6.45) is 3.22. The highest BCUT2D eigenvalue weighted by Gasteiger charge is 2.24. The van der Waals surface area contributed by atoms with E-state index in [1.807, 2.05) is 12.1 Å². The molecule has 18 heavy (non-hydrogen) atoms. The molecule has 0 bridgehead atoms. The van der Waals surface area contributed by atoms with Crippen LogP contribution in [0.2, 0.25) is 0 Å². The van der Waals surface area contributed by atoms with Crippen LogP contribution in [0, 0.1) is 5.41 Å². The predicted octanol–water partition coefficient (Wildman–Crippen LogP) is 3.22. The third kappa shape index (κ3) is 3.25. The van der Waals surface area contributed by atoms with E-state index in [0.29, 0.717) is 17.8 Å². The van der Waals surface area contributed by atoms with Crippen molar-refractivity contribution in [3.8, 4) is 0 Å². The zero-order valence-electron chi connectivity index (χ0n) is 11.6. The molecular weight excluding hydrogens is 224 g/mol. The molecule has 0 aliphatic carbocycles. The maximum atomic E-state index is 12.1. The Balaban J connectivity index is 2.69. The van der Waals surface area contributed by atoms with Crippen molar-refractivity contribution in [2.75, 3.05) is 12.3 Å². The average Bonchev–Trinajstić information content (AvgIpc) is 2.41. The van der Waals surface area contributed by atoms with E-state index in [1.165, 1.54) is 0 Å². The molecule has 1 aromatic carbocycles. The van der Waals surface area contributed by atoms with Gasteiger partial charge in [0.25, 0.3) is 5.91 Å². The molecule has 0 unspecified atom stereocenters. The SMILES string of the molecule is CCC(CC)(CC)CNC(=O)c1ccccc1N. The maximum absolute atomic E-state index is 12.1. The third-order valence-corrected chi connectivity index (χ3v) is 4.08. The van der Waals surface area contributed by atoms with E-state index in [4.69, 9.17) is 5.73 Å². The number of hydrogen-bond acceptors (Lipinski definition) is 2. The van der Waals surface area contributed by atoms with Crippen LogP contribution in [-0.2, 0) is 0 Å². The summed E-state index contributed by atoms with van der Waals surface area (Å²) in [6.45, 7) is 7.24. The van der Waals surface area contributed by atoms with Crippen molar-refractivity contribution in [2.24, 2.45) is 5.41 Å². The van der Waals surface area contributed by atoms with Crippen molar-refractivity contribution in [3.05, 3.63) is 29.8 Å². The first kappa shape index (κ1) is 14.6. The maximum Gasteiger partial charge on any atom is 0.253 e. The van der Waals surface area contributed by atoms with E-state index in [9.17, 15) is 4.79 Å². The molecule has 0 radical (unpaired) electrons. The van der Waals surface area contributed by atoms with Gasteiger partial charge in [0.1, 0.15) is 0 Å². The standard InChI is InChI=1S/C15H24N2O/c1-4-15(5-2,6-3)11-17-14(18)12-9-7-8-10-13(12)16/h7-10H,4-6,11,16H2,1-3H3,(H,17,18). The summed E-state index contributed by atoms with van der Waals surface area (Å²) in [5, 5.41) is 3.01. The lowest BCUT2D eigenvalue weighted by molar-refractivity contribution is 0.0924. The monoisotopic (exact) mass is 248 g/mol. The van der Waals surface area contributed by atoms with Gasteiger partial charge in [-0.2, -0.15) is 0 Å². The van der Waals surface area contributed by atoms with Gasteiger partial charge in [0.05, 0.1) is 5.56 Å². The Morgan fingerprint density at radius 1 is 1.17 bits per heavy atom. The number of rotatable bonds is 6. The van der Waals surface area contributed by atoms with Gasteiger partial charge < -0.3 is 11.1 Å². The fourth-order valence-electron chi connectivity index (χ4n) is 2.19. The Kier molecular flexibility index (Phi) is 5.20. The number of anilines is 1.